The molecule has 14 heavy (non-hydrogen) atoms. The number of aromatic nitrogens is 2. The van der Waals surface area contributed by atoms with Crippen LogP contribution in [-0.4, -0.2) is 28.3 Å². The van der Waals surface area contributed by atoms with Crippen LogP contribution in [0.25, 0.3) is 0 Å². The summed E-state index contributed by atoms with van der Waals surface area (Å²) in [5.41, 5.74) is 11.9. The van der Waals surface area contributed by atoms with E-state index in [9.17, 15) is 4.79 Å². The van der Waals surface area contributed by atoms with Crippen LogP contribution < -0.4 is 11.5 Å². The fourth-order valence-corrected chi connectivity index (χ4v) is 1.21. The van der Waals surface area contributed by atoms with Crippen molar-refractivity contribution in [2.45, 2.75) is 25.3 Å². The Morgan fingerprint density at radius 1 is 1.64 bits per heavy atom. The van der Waals surface area contributed by atoms with Crippen LogP contribution in [0.2, 0.25) is 0 Å². The van der Waals surface area contributed by atoms with Crippen molar-refractivity contribution in [1.82, 2.24) is 9.97 Å². The molecule has 0 saturated heterocycles. The number of Topliss-reactive ketones (excluding diaryl/α,β-unsaturated/α-hetero) is 1. The summed E-state index contributed by atoms with van der Waals surface area (Å²) in [5, 5.41) is 0. The highest BCUT2D eigenvalue weighted by atomic mass is 16.1. The number of H-pyrrole nitrogens is 1. The molecule has 0 aliphatic rings. The first kappa shape index (κ1) is 10.9. The van der Waals surface area contributed by atoms with E-state index >= 15 is 0 Å². The minimum absolute atomic E-state index is 0.0602. The van der Waals surface area contributed by atoms with Gasteiger partial charge in [0.2, 0.25) is 0 Å². The first-order valence-electron chi connectivity index (χ1n) is 4.69. The van der Waals surface area contributed by atoms with Gasteiger partial charge in [-0.05, 0) is 13.0 Å². The Morgan fingerprint density at radius 2 is 2.43 bits per heavy atom. The lowest BCUT2D eigenvalue weighted by Gasteiger charge is -2.08. The van der Waals surface area contributed by atoms with Gasteiger partial charge >= 0.3 is 0 Å². The van der Waals surface area contributed by atoms with Gasteiger partial charge in [0, 0.05) is 24.7 Å². The molecule has 1 atom stereocenters. The molecule has 0 aliphatic carbocycles. The number of hydrogen-bond acceptors (Lipinski definition) is 4. The molecular formula is C9H16N4O. The summed E-state index contributed by atoms with van der Waals surface area (Å²) < 4.78 is 0. The summed E-state index contributed by atoms with van der Waals surface area (Å²) in [6, 6.07) is -0.443. The Kier molecular flexibility index (Phi) is 4.28. The van der Waals surface area contributed by atoms with E-state index in [1.165, 1.54) is 0 Å². The molecule has 0 aliphatic heterocycles. The largest absolute Gasteiger partial charge is 0.348 e. The summed E-state index contributed by atoms with van der Waals surface area (Å²) in [6.45, 7) is 0.530. The highest BCUT2D eigenvalue weighted by Crippen LogP contribution is 2.00. The quantitative estimate of drug-likeness (QED) is 0.576. The van der Waals surface area contributed by atoms with Crippen LogP contribution in [0.1, 0.15) is 18.5 Å². The van der Waals surface area contributed by atoms with E-state index < -0.39 is 6.04 Å². The van der Waals surface area contributed by atoms with Crippen LogP contribution in [0.5, 0.6) is 0 Å². The fourth-order valence-electron chi connectivity index (χ4n) is 1.21. The number of nitrogens with zero attached hydrogens (tertiary/aromatic N) is 1. The lowest BCUT2D eigenvalue weighted by Crippen LogP contribution is -2.33. The molecule has 78 valence electrons. The van der Waals surface area contributed by atoms with Gasteiger partial charge in [-0.25, -0.2) is 4.98 Å². The molecule has 0 saturated carbocycles. The Hall–Kier alpha value is -1.20. The summed E-state index contributed by atoms with van der Waals surface area (Å²) in [7, 11) is 0. The number of rotatable bonds is 6. The van der Waals surface area contributed by atoms with E-state index in [4.69, 9.17) is 11.5 Å². The van der Waals surface area contributed by atoms with Gasteiger partial charge in [-0.3, -0.25) is 4.79 Å². The van der Waals surface area contributed by atoms with Gasteiger partial charge in [-0.1, -0.05) is 0 Å². The molecule has 5 nitrogen and oxygen atoms in total. The fraction of sp³-hybridized carbons (Fsp3) is 0.556. The number of carbonyl (C=O) groups excluding carboxylic acids is 1. The third-order valence-corrected chi connectivity index (χ3v) is 2.04. The molecule has 1 rings (SSSR count). The van der Waals surface area contributed by atoms with Crippen molar-refractivity contribution in [2.24, 2.45) is 11.5 Å². The predicted octanol–water partition coefficient (Wildman–Crippen LogP) is -0.412. The van der Waals surface area contributed by atoms with Gasteiger partial charge in [-0.15, -0.1) is 0 Å². The van der Waals surface area contributed by atoms with Crippen molar-refractivity contribution in [3.05, 3.63) is 18.2 Å². The average Bonchev–Trinajstić information content (AvgIpc) is 2.66. The number of hydrogen-bond donors (Lipinski definition) is 3. The van der Waals surface area contributed by atoms with E-state index in [2.05, 4.69) is 9.97 Å². The van der Waals surface area contributed by atoms with Crippen molar-refractivity contribution >= 4 is 5.78 Å². The Bertz CT molecular complexity index is 270. The molecule has 5 heteroatoms. The van der Waals surface area contributed by atoms with Crippen LogP contribution in [0.4, 0.5) is 0 Å². The Labute approximate surface area is 82.9 Å². The monoisotopic (exact) mass is 196 g/mol. The van der Waals surface area contributed by atoms with E-state index in [1.54, 1.807) is 12.5 Å². The van der Waals surface area contributed by atoms with Crippen molar-refractivity contribution in [3.63, 3.8) is 0 Å². The summed E-state index contributed by atoms with van der Waals surface area (Å²) in [4.78, 5) is 18.2. The molecule has 0 unspecified atom stereocenters. The zero-order chi connectivity index (χ0) is 10.4. The Morgan fingerprint density at radius 3 is 3.00 bits per heavy atom. The van der Waals surface area contributed by atoms with Crippen molar-refractivity contribution in [2.75, 3.05) is 6.54 Å². The molecule has 1 aromatic rings. The van der Waals surface area contributed by atoms with Crippen LogP contribution in [-0.2, 0) is 11.2 Å². The number of aromatic amines is 1. The lowest BCUT2D eigenvalue weighted by molar-refractivity contribution is -0.120. The molecule has 0 amide bonds. The maximum atomic E-state index is 11.4. The summed E-state index contributed by atoms with van der Waals surface area (Å²) in [5.74, 6) is 0.0602. The first-order valence-corrected chi connectivity index (χ1v) is 4.69. The minimum atomic E-state index is -0.443. The number of imidazole rings is 1. The molecule has 1 aromatic heterocycles. The SMILES string of the molecule is NCCCC(=O)[C@@H](N)Cc1cnc[nH]1. The van der Waals surface area contributed by atoms with E-state index in [1.807, 2.05) is 0 Å². The lowest BCUT2D eigenvalue weighted by atomic mass is 10.0. The second-order valence-electron chi connectivity index (χ2n) is 3.25. The van der Waals surface area contributed by atoms with E-state index in [-0.39, 0.29) is 5.78 Å². The third kappa shape index (κ3) is 3.27. The van der Waals surface area contributed by atoms with Gasteiger partial charge in [0.25, 0.3) is 0 Å². The van der Waals surface area contributed by atoms with Gasteiger partial charge in [0.1, 0.15) is 5.78 Å². The second-order valence-corrected chi connectivity index (χ2v) is 3.25. The molecule has 0 aromatic carbocycles. The molecule has 0 spiro atoms. The third-order valence-electron chi connectivity index (χ3n) is 2.04. The standard InChI is InChI=1S/C9H16N4O/c10-3-1-2-9(14)8(11)4-7-5-12-6-13-7/h5-6,8H,1-4,10-11H2,(H,12,13)/t8-/m0/s1. The zero-order valence-corrected chi connectivity index (χ0v) is 8.07. The smallest absolute Gasteiger partial charge is 0.149 e. The normalized spacial score (nSPS) is 12.7. The topological polar surface area (TPSA) is 97.8 Å². The van der Waals surface area contributed by atoms with Gasteiger partial charge in [-0.2, -0.15) is 0 Å². The van der Waals surface area contributed by atoms with E-state index in [0.29, 0.717) is 25.8 Å². The maximum absolute atomic E-state index is 11.4. The highest BCUT2D eigenvalue weighted by molar-refractivity contribution is 5.83. The van der Waals surface area contributed by atoms with Gasteiger partial charge in [0.15, 0.2) is 0 Å². The number of ketones is 1. The molecule has 0 fully saturated rings. The van der Waals surface area contributed by atoms with Crippen LogP contribution >= 0.6 is 0 Å². The van der Waals surface area contributed by atoms with E-state index in [0.717, 1.165) is 5.69 Å². The average molecular weight is 196 g/mol. The molecule has 0 bridgehead atoms. The maximum Gasteiger partial charge on any atom is 0.149 e. The summed E-state index contributed by atoms with van der Waals surface area (Å²) in [6.07, 6.45) is 4.94. The molecule has 1 heterocycles. The van der Waals surface area contributed by atoms with Crippen molar-refractivity contribution in [3.8, 4) is 0 Å². The number of nitrogens with two attached hydrogens (primary N) is 2. The zero-order valence-electron chi connectivity index (χ0n) is 8.07. The van der Waals surface area contributed by atoms with Crippen molar-refractivity contribution < 1.29 is 4.79 Å². The highest BCUT2D eigenvalue weighted by Gasteiger charge is 2.13. The van der Waals surface area contributed by atoms with Gasteiger partial charge < -0.3 is 16.5 Å². The minimum Gasteiger partial charge on any atom is -0.348 e. The first-order chi connectivity index (χ1) is 6.74. The molecular weight excluding hydrogens is 180 g/mol. The van der Waals surface area contributed by atoms with Crippen LogP contribution in [0, 0.1) is 0 Å². The molecule has 0 radical (unpaired) electrons. The summed E-state index contributed by atoms with van der Waals surface area (Å²) >= 11 is 0. The Balaban J connectivity index is 2.34. The number of carbonyl (C=O) groups is 1. The number of nitrogens with one attached hydrogen (secondary N) is 1. The van der Waals surface area contributed by atoms with Gasteiger partial charge in [0.05, 0.1) is 12.4 Å². The second kappa shape index (κ2) is 5.51. The van der Waals surface area contributed by atoms with Crippen LogP contribution in [0.3, 0.4) is 0 Å². The molecule has 5 N–H and O–H groups in total. The van der Waals surface area contributed by atoms with Crippen LogP contribution in [0.15, 0.2) is 12.5 Å². The predicted molar refractivity (Wildman–Crippen MR) is 53.6 cm³/mol. The van der Waals surface area contributed by atoms with Crippen molar-refractivity contribution in [1.29, 1.82) is 0 Å².